The highest BCUT2D eigenvalue weighted by molar-refractivity contribution is 6.30. The predicted molar refractivity (Wildman–Crippen MR) is 93.1 cm³/mol. The van der Waals surface area contributed by atoms with Gasteiger partial charge in [-0.1, -0.05) is 17.7 Å². The molecule has 5 heteroatoms. The Balaban J connectivity index is 1.41. The van der Waals surface area contributed by atoms with Crippen LogP contribution in [0, 0.1) is 0 Å². The maximum Gasteiger partial charge on any atom is 0.0625 e. The molecule has 2 aliphatic rings. The van der Waals surface area contributed by atoms with Crippen molar-refractivity contribution in [2.24, 2.45) is 0 Å². The van der Waals surface area contributed by atoms with E-state index in [0.29, 0.717) is 0 Å². The molecule has 0 amide bonds. The molecule has 0 saturated carbocycles. The Kier molecular flexibility index (Phi) is 3.93. The lowest BCUT2D eigenvalue weighted by molar-refractivity contribution is 0.271. The van der Waals surface area contributed by atoms with E-state index in [-0.39, 0.29) is 0 Å². The van der Waals surface area contributed by atoms with E-state index in [1.807, 2.05) is 30.5 Å². The number of hydrogen-bond donors (Lipinski definition) is 1. The van der Waals surface area contributed by atoms with Gasteiger partial charge in [0, 0.05) is 36.6 Å². The van der Waals surface area contributed by atoms with E-state index < -0.39 is 0 Å². The molecule has 1 aromatic heterocycles. The van der Waals surface area contributed by atoms with E-state index in [9.17, 15) is 0 Å². The summed E-state index contributed by atoms with van der Waals surface area (Å²) in [5.74, 6) is 0. The fraction of sp³-hybridized carbons (Fsp3) is 0.278. The lowest BCUT2D eigenvalue weighted by atomic mass is 10.1. The van der Waals surface area contributed by atoms with Crippen LogP contribution in [0.2, 0.25) is 5.02 Å². The molecule has 1 N–H and O–H groups in total. The summed E-state index contributed by atoms with van der Waals surface area (Å²) in [6.45, 7) is 3.90. The summed E-state index contributed by atoms with van der Waals surface area (Å²) in [6.07, 6.45) is 2.97. The number of hydrazine groups is 1. The summed E-state index contributed by atoms with van der Waals surface area (Å²) >= 11 is 5.97. The first-order chi connectivity index (χ1) is 11.3. The zero-order valence-electron chi connectivity index (χ0n) is 12.9. The van der Waals surface area contributed by atoms with Crippen LogP contribution in [0.5, 0.6) is 0 Å². The number of halogens is 1. The van der Waals surface area contributed by atoms with Gasteiger partial charge in [0.25, 0.3) is 0 Å². The number of nitrogens with one attached hydrogen (secondary N) is 1. The molecule has 0 unspecified atom stereocenters. The number of anilines is 1. The number of benzene rings is 1. The van der Waals surface area contributed by atoms with Gasteiger partial charge >= 0.3 is 0 Å². The van der Waals surface area contributed by atoms with Crippen LogP contribution in [0.3, 0.4) is 0 Å². The van der Waals surface area contributed by atoms with E-state index in [0.717, 1.165) is 49.0 Å². The number of nitrogens with zero attached hydrogens (tertiary/aromatic N) is 3. The minimum atomic E-state index is 0.771. The average molecular weight is 327 g/mol. The van der Waals surface area contributed by atoms with Crippen LogP contribution in [-0.2, 0) is 6.54 Å². The van der Waals surface area contributed by atoms with Crippen molar-refractivity contribution in [1.82, 2.24) is 15.3 Å². The highest BCUT2D eigenvalue weighted by Gasteiger charge is 2.27. The molecule has 4 nitrogen and oxygen atoms in total. The summed E-state index contributed by atoms with van der Waals surface area (Å²) < 4.78 is 0. The third-order valence-electron chi connectivity index (χ3n) is 4.41. The quantitative estimate of drug-likeness (QED) is 0.938. The summed E-state index contributed by atoms with van der Waals surface area (Å²) in [5.41, 5.74) is 8.68. The highest BCUT2D eigenvalue weighted by atomic mass is 35.5. The molecule has 0 radical (unpaired) electrons. The summed E-state index contributed by atoms with van der Waals surface area (Å²) in [4.78, 5) is 6.87. The third kappa shape index (κ3) is 3.19. The lowest BCUT2D eigenvalue weighted by Crippen LogP contribution is -2.36. The number of rotatable bonds is 3. The Morgan fingerprint density at radius 2 is 1.96 bits per heavy atom. The van der Waals surface area contributed by atoms with E-state index in [1.54, 1.807) is 0 Å². The van der Waals surface area contributed by atoms with Crippen LogP contribution in [0.25, 0.3) is 0 Å². The van der Waals surface area contributed by atoms with E-state index in [4.69, 9.17) is 11.6 Å². The van der Waals surface area contributed by atoms with Crippen LogP contribution >= 0.6 is 11.6 Å². The van der Waals surface area contributed by atoms with Gasteiger partial charge in [0.1, 0.15) is 0 Å². The molecule has 0 atom stereocenters. The van der Waals surface area contributed by atoms with Gasteiger partial charge in [0.15, 0.2) is 0 Å². The third-order valence-corrected chi connectivity index (χ3v) is 4.66. The zero-order valence-corrected chi connectivity index (χ0v) is 13.6. The molecular weight excluding hydrogens is 308 g/mol. The monoisotopic (exact) mass is 326 g/mol. The zero-order chi connectivity index (χ0) is 15.6. The molecule has 0 spiro atoms. The van der Waals surface area contributed by atoms with Gasteiger partial charge in [-0.15, -0.1) is 0 Å². The second-order valence-electron chi connectivity index (χ2n) is 6.04. The first-order valence-electron chi connectivity index (χ1n) is 7.91. The smallest absolute Gasteiger partial charge is 0.0625 e. The largest absolute Gasteiger partial charge is 0.301 e. The Hall–Kier alpha value is -2.04. The summed E-state index contributed by atoms with van der Waals surface area (Å²) in [6, 6.07) is 14.1. The van der Waals surface area contributed by atoms with Crippen LogP contribution in [0.1, 0.15) is 12.1 Å². The minimum absolute atomic E-state index is 0.771. The molecule has 0 fully saturated rings. The molecule has 0 aliphatic carbocycles. The predicted octanol–water partition coefficient (Wildman–Crippen LogP) is 3.22. The molecule has 4 rings (SSSR count). The first kappa shape index (κ1) is 14.5. The minimum Gasteiger partial charge on any atom is -0.301 e. The second-order valence-corrected chi connectivity index (χ2v) is 6.47. The van der Waals surface area contributed by atoms with Crippen LogP contribution in [0.4, 0.5) is 5.69 Å². The Morgan fingerprint density at radius 3 is 2.74 bits per heavy atom. The fourth-order valence-corrected chi connectivity index (χ4v) is 3.30. The molecule has 2 aromatic rings. The number of pyridine rings is 1. The molecule has 0 saturated heterocycles. The SMILES string of the molecule is Clc1ccc(N2CC3=C(CN(Cc4ccccn4)CC3)N2)cc1. The van der Waals surface area contributed by atoms with Gasteiger partial charge in [0.05, 0.1) is 17.9 Å². The lowest BCUT2D eigenvalue weighted by Gasteiger charge is -2.27. The maximum absolute atomic E-state index is 5.97. The van der Waals surface area contributed by atoms with E-state index >= 15 is 0 Å². The van der Waals surface area contributed by atoms with Crippen molar-refractivity contribution < 1.29 is 0 Å². The number of aromatic nitrogens is 1. The molecular formula is C18H19ClN4. The van der Waals surface area contributed by atoms with Gasteiger partial charge in [-0.25, -0.2) is 0 Å². The van der Waals surface area contributed by atoms with Crippen LogP contribution < -0.4 is 10.4 Å². The molecule has 118 valence electrons. The van der Waals surface area contributed by atoms with Crippen molar-refractivity contribution >= 4 is 17.3 Å². The van der Waals surface area contributed by atoms with Crippen molar-refractivity contribution in [3.63, 3.8) is 0 Å². The average Bonchev–Trinajstić information content (AvgIpc) is 3.00. The van der Waals surface area contributed by atoms with Crippen molar-refractivity contribution in [3.8, 4) is 0 Å². The number of hydrogen-bond acceptors (Lipinski definition) is 4. The molecule has 0 bridgehead atoms. The van der Waals surface area contributed by atoms with Crippen molar-refractivity contribution in [3.05, 3.63) is 70.6 Å². The topological polar surface area (TPSA) is 31.4 Å². The van der Waals surface area contributed by atoms with E-state index in [2.05, 4.69) is 38.5 Å². The first-order valence-corrected chi connectivity index (χ1v) is 8.29. The van der Waals surface area contributed by atoms with Crippen molar-refractivity contribution in [1.29, 1.82) is 0 Å². The van der Waals surface area contributed by atoms with Crippen LogP contribution in [-0.4, -0.2) is 29.5 Å². The van der Waals surface area contributed by atoms with Gasteiger partial charge in [0.2, 0.25) is 0 Å². The summed E-state index contributed by atoms with van der Waals surface area (Å²) in [7, 11) is 0. The molecule has 3 heterocycles. The molecule has 2 aliphatic heterocycles. The van der Waals surface area contributed by atoms with Gasteiger partial charge in [-0.2, -0.15) is 0 Å². The molecule has 1 aromatic carbocycles. The normalized spacial score (nSPS) is 18.0. The Morgan fingerprint density at radius 1 is 1.09 bits per heavy atom. The second kappa shape index (κ2) is 6.22. The van der Waals surface area contributed by atoms with Crippen molar-refractivity contribution in [2.45, 2.75) is 13.0 Å². The Labute approximate surface area is 141 Å². The van der Waals surface area contributed by atoms with Crippen LogP contribution in [0.15, 0.2) is 59.9 Å². The van der Waals surface area contributed by atoms with E-state index in [1.165, 1.54) is 11.3 Å². The fourth-order valence-electron chi connectivity index (χ4n) is 3.17. The Bertz CT molecular complexity index is 712. The van der Waals surface area contributed by atoms with Crippen molar-refractivity contribution in [2.75, 3.05) is 24.6 Å². The maximum atomic E-state index is 5.97. The van der Waals surface area contributed by atoms with Gasteiger partial charge in [-0.05, 0) is 48.4 Å². The highest BCUT2D eigenvalue weighted by Crippen LogP contribution is 2.27. The van der Waals surface area contributed by atoms with Gasteiger partial charge in [-0.3, -0.25) is 14.9 Å². The molecule has 23 heavy (non-hydrogen) atoms. The van der Waals surface area contributed by atoms with Gasteiger partial charge < -0.3 is 5.43 Å². The standard InChI is InChI=1S/C18H19ClN4/c19-15-4-6-17(7-5-15)23-11-14-8-10-22(13-18(14)21-23)12-16-3-1-2-9-20-16/h1-7,9,21H,8,10-13H2. The summed E-state index contributed by atoms with van der Waals surface area (Å²) in [5, 5.41) is 2.97.